The predicted octanol–water partition coefficient (Wildman–Crippen LogP) is 3.85. The molecule has 3 heteroatoms. The van der Waals surface area contributed by atoms with Crippen LogP contribution in [0.1, 0.15) is 39.0 Å². The molecule has 1 aliphatic rings. The first-order chi connectivity index (χ1) is 10.9. The monoisotopic (exact) mass is 311 g/mol. The standard InChI is InChI=1S/C20H29N3/c1-6-15-13-18(20(2,3)4)17-14-16(7-8-19(17)21-15)23-11-9-22(5)10-12-23/h7-8,13-14H,6,9-12H2,1-5H3. The summed E-state index contributed by atoms with van der Waals surface area (Å²) in [5.41, 5.74) is 5.20. The van der Waals surface area contributed by atoms with E-state index < -0.39 is 0 Å². The summed E-state index contributed by atoms with van der Waals surface area (Å²) >= 11 is 0. The first-order valence-corrected chi connectivity index (χ1v) is 8.76. The quantitative estimate of drug-likeness (QED) is 0.840. The lowest BCUT2D eigenvalue weighted by molar-refractivity contribution is 0.313. The smallest absolute Gasteiger partial charge is 0.0709 e. The van der Waals surface area contributed by atoms with Crippen LogP contribution in [0.3, 0.4) is 0 Å². The molecule has 23 heavy (non-hydrogen) atoms. The molecule has 1 aromatic heterocycles. The van der Waals surface area contributed by atoms with Gasteiger partial charge in [-0.2, -0.15) is 0 Å². The van der Waals surface area contributed by atoms with Crippen LogP contribution in [0.2, 0.25) is 0 Å². The van der Waals surface area contributed by atoms with Gasteiger partial charge in [-0.3, -0.25) is 4.98 Å². The van der Waals surface area contributed by atoms with Crippen LogP contribution < -0.4 is 4.90 Å². The van der Waals surface area contributed by atoms with Crippen LogP contribution in [-0.2, 0) is 11.8 Å². The molecule has 0 unspecified atom stereocenters. The fourth-order valence-electron chi connectivity index (χ4n) is 3.33. The normalized spacial score (nSPS) is 17.0. The summed E-state index contributed by atoms with van der Waals surface area (Å²) in [6, 6.07) is 9.10. The van der Waals surface area contributed by atoms with Crippen molar-refractivity contribution in [1.29, 1.82) is 0 Å². The molecule has 0 aliphatic carbocycles. The number of piperazine rings is 1. The molecule has 1 fully saturated rings. The Morgan fingerprint density at radius 3 is 2.35 bits per heavy atom. The Morgan fingerprint density at radius 2 is 1.74 bits per heavy atom. The minimum absolute atomic E-state index is 0.131. The molecular weight excluding hydrogens is 282 g/mol. The van der Waals surface area contributed by atoms with Gasteiger partial charge < -0.3 is 9.80 Å². The lowest BCUT2D eigenvalue weighted by atomic mass is 9.84. The SMILES string of the molecule is CCc1cc(C(C)(C)C)c2cc(N3CCN(C)CC3)ccc2n1. The molecule has 124 valence electrons. The highest BCUT2D eigenvalue weighted by molar-refractivity contribution is 5.87. The zero-order valence-corrected chi connectivity index (χ0v) is 15.2. The second-order valence-electron chi connectivity index (χ2n) is 7.76. The topological polar surface area (TPSA) is 19.4 Å². The number of benzene rings is 1. The van der Waals surface area contributed by atoms with E-state index in [4.69, 9.17) is 4.98 Å². The van der Waals surface area contributed by atoms with Crippen molar-refractivity contribution in [2.24, 2.45) is 0 Å². The molecule has 0 saturated carbocycles. The minimum Gasteiger partial charge on any atom is -0.369 e. The van der Waals surface area contributed by atoms with Gasteiger partial charge in [0.05, 0.1) is 5.52 Å². The van der Waals surface area contributed by atoms with Crippen molar-refractivity contribution in [2.45, 2.75) is 39.5 Å². The first-order valence-electron chi connectivity index (χ1n) is 8.76. The molecule has 2 heterocycles. The maximum Gasteiger partial charge on any atom is 0.0709 e. The van der Waals surface area contributed by atoms with E-state index in [1.165, 1.54) is 22.3 Å². The van der Waals surface area contributed by atoms with Gasteiger partial charge in [0, 0.05) is 42.9 Å². The van der Waals surface area contributed by atoms with Gasteiger partial charge >= 0.3 is 0 Å². The van der Waals surface area contributed by atoms with Crippen LogP contribution in [0, 0.1) is 0 Å². The van der Waals surface area contributed by atoms with E-state index in [9.17, 15) is 0 Å². The number of hydrogen-bond donors (Lipinski definition) is 0. The van der Waals surface area contributed by atoms with Gasteiger partial charge in [0.1, 0.15) is 0 Å². The Balaban J connectivity index is 2.07. The lowest BCUT2D eigenvalue weighted by Crippen LogP contribution is -2.44. The van der Waals surface area contributed by atoms with Crippen molar-refractivity contribution in [2.75, 3.05) is 38.1 Å². The van der Waals surface area contributed by atoms with Crippen LogP contribution in [0.25, 0.3) is 10.9 Å². The summed E-state index contributed by atoms with van der Waals surface area (Å²) < 4.78 is 0. The van der Waals surface area contributed by atoms with E-state index in [1.54, 1.807) is 0 Å². The average molecular weight is 311 g/mol. The van der Waals surface area contributed by atoms with Crippen LogP contribution in [0.15, 0.2) is 24.3 Å². The van der Waals surface area contributed by atoms with E-state index in [1.807, 2.05) is 0 Å². The van der Waals surface area contributed by atoms with Crippen molar-refractivity contribution >= 4 is 16.6 Å². The van der Waals surface area contributed by atoms with E-state index in [0.29, 0.717) is 0 Å². The molecule has 0 amide bonds. The predicted molar refractivity (Wildman–Crippen MR) is 99.5 cm³/mol. The first kappa shape index (κ1) is 16.3. The van der Waals surface area contributed by atoms with Crippen LogP contribution in [-0.4, -0.2) is 43.1 Å². The Hall–Kier alpha value is -1.61. The van der Waals surface area contributed by atoms with Crippen molar-refractivity contribution < 1.29 is 0 Å². The zero-order valence-electron chi connectivity index (χ0n) is 15.2. The van der Waals surface area contributed by atoms with Gasteiger partial charge in [-0.05, 0) is 48.7 Å². The highest BCUT2D eigenvalue weighted by Gasteiger charge is 2.20. The molecule has 0 spiro atoms. The minimum atomic E-state index is 0.131. The summed E-state index contributed by atoms with van der Waals surface area (Å²) in [5, 5.41) is 1.31. The second-order valence-corrected chi connectivity index (χ2v) is 7.76. The van der Waals surface area contributed by atoms with E-state index in [2.05, 4.69) is 68.8 Å². The summed E-state index contributed by atoms with van der Waals surface area (Å²) in [7, 11) is 2.20. The maximum atomic E-state index is 4.84. The number of fused-ring (bicyclic) bond motifs is 1. The molecule has 1 aliphatic heterocycles. The fraction of sp³-hybridized carbons (Fsp3) is 0.550. The molecule has 1 aromatic carbocycles. The Kier molecular flexibility index (Phi) is 4.33. The lowest BCUT2D eigenvalue weighted by Gasteiger charge is -2.34. The molecule has 0 bridgehead atoms. The molecule has 1 saturated heterocycles. The average Bonchev–Trinajstić information content (AvgIpc) is 2.53. The highest BCUT2D eigenvalue weighted by atomic mass is 15.2. The highest BCUT2D eigenvalue weighted by Crippen LogP contribution is 2.32. The summed E-state index contributed by atoms with van der Waals surface area (Å²) in [6.07, 6.45) is 0.985. The van der Waals surface area contributed by atoms with Crippen molar-refractivity contribution in [3.05, 3.63) is 35.5 Å². The van der Waals surface area contributed by atoms with Crippen LogP contribution in [0.4, 0.5) is 5.69 Å². The summed E-state index contributed by atoms with van der Waals surface area (Å²) in [6.45, 7) is 13.5. The van der Waals surface area contributed by atoms with E-state index >= 15 is 0 Å². The zero-order chi connectivity index (χ0) is 16.6. The Bertz CT molecular complexity index is 692. The third kappa shape index (κ3) is 3.35. The number of aryl methyl sites for hydroxylation is 1. The number of nitrogens with zero attached hydrogens (tertiary/aromatic N) is 3. The maximum absolute atomic E-state index is 4.84. The van der Waals surface area contributed by atoms with Gasteiger partial charge in [-0.25, -0.2) is 0 Å². The molecule has 0 radical (unpaired) electrons. The molecule has 0 atom stereocenters. The van der Waals surface area contributed by atoms with Gasteiger partial charge in [0.15, 0.2) is 0 Å². The van der Waals surface area contributed by atoms with Crippen molar-refractivity contribution in [3.8, 4) is 0 Å². The van der Waals surface area contributed by atoms with Gasteiger partial charge in [-0.1, -0.05) is 27.7 Å². The Morgan fingerprint density at radius 1 is 1.04 bits per heavy atom. The van der Waals surface area contributed by atoms with Crippen molar-refractivity contribution in [1.82, 2.24) is 9.88 Å². The van der Waals surface area contributed by atoms with Crippen LogP contribution >= 0.6 is 0 Å². The molecule has 0 N–H and O–H groups in total. The fourth-order valence-corrected chi connectivity index (χ4v) is 3.33. The summed E-state index contributed by atoms with van der Waals surface area (Å²) in [4.78, 5) is 9.74. The summed E-state index contributed by atoms with van der Waals surface area (Å²) in [5.74, 6) is 0. The van der Waals surface area contributed by atoms with Gasteiger partial charge in [-0.15, -0.1) is 0 Å². The van der Waals surface area contributed by atoms with Gasteiger partial charge in [0.2, 0.25) is 0 Å². The van der Waals surface area contributed by atoms with Crippen LogP contribution in [0.5, 0.6) is 0 Å². The third-order valence-electron chi connectivity index (χ3n) is 4.88. The van der Waals surface area contributed by atoms with E-state index in [0.717, 1.165) is 38.1 Å². The number of aromatic nitrogens is 1. The number of pyridine rings is 1. The number of likely N-dealkylation sites (N-methyl/N-ethyl adjacent to an activating group) is 1. The largest absolute Gasteiger partial charge is 0.369 e. The van der Waals surface area contributed by atoms with Crippen molar-refractivity contribution in [3.63, 3.8) is 0 Å². The molecule has 2 aromatic rings. The molecular formula is C20H29N3. The number of rotatable bonds is 2. The number of hydrogen-bond acceptors (Lipinski definition) is 3. The third-order valence-corrected chi connectivity index (χ3v) is 4.88. The second kappa shape index (κ2) is 6.12. The number of anilines is 1. The Labute approximate surface area is 140 Å². The molecule has 3 nitrogen and oxygen atoms in total. The van der Waals surface area contributed by atoms with Gasteiger partial charge in [0.25, 0.3) is 0 Å². The molecule has 3 rings (SSSR count). The van der Waals surface area contributed by atoms with E-state index in [-0.39, 0.29) is 5.41 Å².